The van der Waals surface area contributed by atoms with Crippen LogP contribution >= 0.6 is 12.2 Å². The molecule has 0 atom stereocenters. The highest BCUT2D eigenvalue weighted by atomic mass is 32.1. The molecule has 1 aliphatic carbocycles. The van der Waals surface area contributed by atoms with Crippen molar-refractivity contribution in [2.75, 3.05) is 0 Å². The van der Waals surface area contributed by atoms with E-state index in [-0.39, 0.29) is 10.9 Å². The molecule has 0 heterocycles. The average Bonchev–Trinajstić information content (AvgIpc) is 2.63. The Morgan fingerprint density at radius 1 is 1.17 bits per heavy atom. The first-order valence-corrected chi connectivity index (χ1v) is 5.79. The van der Waals surface area contributed by atoms with Crippen molar-refractivity contribution in [3.63, 3.8) is 0 Å². The fourth-order valence-corrected chi connectivity index (χ4v) is 2.25. The number of hydrazone groups is 1. The number of nitrogens with two attached hydrogens (primary N) is 1. The number of carbonyl (C=O) groups excluding carboxylic acids is 1. The lowest BCUT2D eigenvalue weighted by Crippen LogP contribution is -2.26. The van der Waals surface area contributed by atoms with Gasteiger partial charge in [0.1, 0.15) is 5.71 Å². The topological polar surface area (TPSA) is 67.5 Å². The van der Waals surface area contributed by atoms with Crippen molar-refractivity contribution in [3.05, 3.63) is 47.5 Å². The van der Waals surface area contributed by atoms with Gasteiger partial charge in [0.25, 0.3) is 0 Å². The molecule has 0 amide bonds. The van der Waals surface area contributed by atoms with Crippen LogP contribution in [0.2, 0.25) is 0 Å². The van der Waals surface area contributed by atoms with Gasteiger partial charge in [0, 0.05) is 16.5 Å². The summed E-state index contributed by atoms with van der Waals surface area (Å²) in [5, 5.41) is 6.00. The van der Waals surface area contributed by atoms with E-state index in [1.54, 1.807) is 6.07 Å². The predicted molar refractivity (Wildman–Crippen MR) is 74.7 cm³/mol. The number of Topliss-reactive ketones (excluding diaryl/α,β-unsaturated/α-hetero) is 1. The van der Waals surface area contributed by atoms with E-state index in [1.165, 1.54) is 0 Å². The molecule has 0 aromatic heterocycles. The molecule has 88 valence electrons. The fourth-order valence-electron chi connectivity index (χ4n) is 2.20. The summed E-state index contributed by atoms with van der Waals surface area (Å²) in [5.74, 6) is -0.106. The number of nitrogens with one attached hydrogen (secondary N) is 1. The van der Waals surface area contributed by atoms with E-state index in [9.17, 15) is 4.79 Å². The predicted octanol–water partition coefficient (Wildman–Crippen LogP) is 1.57. The summed E-state index contributed by atoms with van der Waals surface area (Å²) >= 11 is 4.68. The van der Waals surface area contributed by atoms with Crippen LogP contribution in [0.15, 0.2) is 41.5 Å². The summed E-state index contributed by atoms with van der Waals surface area (Å²) in [4.78, 5) is 12.2. The SMILES string of the molecule is NC(=S)N/N=C1/C(=O)c2cccc3cccc1c23. The summed E-state index contributed by atoms with van der Waals surface area (Å²) in [5.41, 5.74) is 9.64. The highest BCUT2D eigenvalue weighted by Gasteiger charge is 2.28. The maximum Gasteiger partial charge on any atom is 0.214 e. The Morgan fingerprint density at radius 2 is 1.83 bits per heavy atom. The highest BCUT2D eigenvalue weighted by molar-refractivity contribution is 7.80. The summed E-state index contributed by atoms with van der Waals surface area (Å²) in [6.45, 7) is 0. The number of ketones is 1. The van der Waals surface area contributed by atoms with Gasteiger partial charge in [-0.3, -0.25) is 10.2 Å². The molecule has 2 aromatic rings. The van der Waals surface area contributed by atoms with Crippen LogP contribution in [0.5, 0.6) is 0 Å². The Bertz CT molecular complexity index is 716. The lowest BCUT2D eigenvalue weighted by molar-refractivity contribution is 0.107. The third-order valence-electron chi connectivity index (χ3n) is 2.90. The maximum atomic E-state index is 12.2. The quantitative estimate of drug-likeness (QED) is 0.599. The Labute approximate surface area is 108 Å². The Balaban J connectivity index is 2.26. The molecule has 1 aliphatic rings. The van der Waals surface area contributed by atoms with Gasteiger partial charge in [0.2, 0.25) is 5.78 Å². The minimum Gasteiger partial charge on any atom is -0.375 e. The lowest BCUT2D eigenvalue weighted by atomic mass is 10.1. The summed E-state index contributed by atoms with van der Waals surface area (Å²) in [7, 11) is 0. The number of hydrogen-bond donors (Lipinski definition) is 2. The number of hydrogen-bond acceptors (Lipinski definition) is 3. The Morgan fingerprint density at radius 3 is 2.50 bits per heavy atom. The van der Waals surface area contributed by atoms with E-state index in [1.807, 2.05) is 30.3 Å². The van der Waals surface area contributed by atoms with E-state index >= 15 is 0 Å². The molecule has 18 heavy (non-hydrogen) atoms. The third-order valence-corrected chi connectivity index (χ3v) is 2.99. The zero-order valence-electron chi connectivity index (χ0n) is 9.31. The van der Waals surface area contributed by atoms with Crippen LogP contribution in [0.3, 0.4) is 0 Å². The zero-order valence-corrected chi connectivity index (χ0v) is 10.1. The van der Waals surface area contributed by atoms with Gasteiger partial charge in [-0.05, 0) is 17.6 Å². The molecule has 0 unspecified atom stereocenters. The first-order chi connectivity index (χ1) is 8.68. The normalized spacial score (nSPS) is 15.3. The van der Waals surface area contributed by atoms with E-state index in [0.717, 1.165) is 16.3 Å². The smallest absolute Gasteiger partial charge is 0.214 e. The number of nitrogens with zero attached hydrogens (tertiary/aromatic N) is 1. The van der Waals surface area contributed by atoms with E-state index in [4.69, 9.17) is 5.73 Å². The van der Waals surface area contributed by atoms with Gasteiger partial charge in [0.15, 0.2) is 5.11 Å². The largest absolute Gasteiger partial charge is 0.375 e. The van der Waals surface area contributed by atoms with E-state index in [2.05, 4.69) is 22.7 Å². The monoisotopic (exact) mass is 255 g/mol. The highest BCUT2D eigenvalue weighted by Crippen LogP contribution is 2.30. The number of thiocarbonyl (C=S) groups is 1. The van der Waals surface area contributed by atoms with Crippen molar-refractivity contribution < 1.29 is 4.79 Å². The molecule has 3 N–H and O–H groups in total. The first-order valence-electron chi connectivity index (χ1n) is 5.38. The summed E-state index contributed by atoms with van der Waals surface area (Å²) < 4.78 is 0. The third kappa shape index (κ3) is 1.48. The average molecular weight is 255 g/mol. The van der Waals surface area contributed by atoms with Gasteiger partial charge in [-0.1, -0.05) is 36.4 Å². The molecule has 0 saturated carbocycles. The van der Waals surface area contributed by atoms with Crippen LogP contribution in [0, 0.1) is 0 Å². The van der Waals surface area contributed by atoms with Gasteiger partial charge in [-0.25, -0.2) is 0 Å². The first kappa shape index (κ1) is 10.9. The molecule has 3 rings (SSSR count). The minimum atomic E-state index is -0.106. The van der Waals surface area contributed by atoms with Crippen molar-refractivity contribution in [1.29, 1.82) is 0 Å². The standard InChI is InChI=1S/C13H9N3OS/c14-13(18)16-15-11-8-5-1-3-7-4-2-6-9(10(7)8)12(11)17/h1-6H,(H3,14,16,18)/b15-11+. The molecule has 0 radical (unpaired) electrons. The van der Waals surface area contributed by atoms with E-state index in [0.29, 0.717) is 11.3 Å². The van der Waals surface area contributed by atoms with Crippen LogP contribution in [0.25, 0.3) is 10.8 Å². The number of rotatable bonds is 1. The number of benzene rings is 2. The van der Waals surface area contributed by atoms with Gasteiger partial charge < -0.3 is 5.73 Å². The van der Waals surface area contributed by atoms with Crippen molar-refractivity contribution in [3.8, 4) is 0 Å². The fraction of sp³-hybridized carbons (Fsp3) is 0. The van der Waals surface area contributed by atoms with Crippen LogP contribution in [-0.2, 0) is 0 Å². The second-order valence-corrected chi connectivity index (χ2v) is 4.41. The van der Waals surface area contributed by atoms with Crippen LogP contribution in [0.1, 0.15) is 15.9 Å². The van der Waals surface area contributed by atoms with Crippen molar-refractivity contribution in [2.45, 2.75) is 0 Å². The van der Waals surface area contributed by atoms with Crippen molar-refractivity contribution >= 4 is 39.6 Å². The zero-order chi connectivity index (χ0) is 12.7. The molecule has 0 fully saturated rings. The van der Waals surface area contributed by atoms with Crippen LogP contribution in [-0.4, -0.2) is 16.6 Å². The molecular formula is C13H9N3OS. The van der Waals surface area contributed by atoms with Crippen molar-refractivity contribution in [1.82, 2.24) is 5.43 Å². The van der Waals surface area contributed by atoms with Crippen LogP contribution < -0.4 is 11.2 Å². The molecule has 0 saturated heterocycles. The van der Waals surface area contributed by atoms with Gasteiger partial charge in [-0.2, -0.15) is 5.10 Å². The summed E-state index contributed by atoms with van der Waals surface area (Å²) in [6.07, 6.45) is 0. The van der Waals surface area contributed by atoms with Gasteiger partial charge in [-0.15, -0.1) is 0 Å². The molecule has 2 aromatic carbocycles. The molecule has 0 spiro atoms. The van der Waals surface area contributed by atoms with Crippen molar-refractivity contribution in [2.24, 2.45) is 10.8 Å². The molecule has 0 aliphatic heterocycles. The Kier molecular flexibility index (Phi) is 2.34. The van der Waals surface area contributed by atoms with Crippen LogP contribution in [0.4, 0.5) is 0 Å². The minimum absolute atomic E-state index is 0.0402. The molecule has 0 bridgehead atoms. The van der Waals surface area contributed by atoms with E-state index < -0.39 is 0 Å². The molecule has 4 nitrogen and oxygen atoms in total. The summed E-state index contributed by atoms with van der Waals surface area (Å²) in [6, 6.07) is 11.4. The molecular weight excluding hydrogens is 246 g/mol. The van der Waals surface area contributed by atoms with Gasteiger partial charge >= 0.3 is 0 Å². The second kappa shape index (κ2) is 3.89. The van der Waals surface area contributed by atoms with Gasteiger partial charge in [0.05, 0.1) is 0 Å². The number of carbonyl (C=O) groups is 1. The Hall–Kier alpha value is -2.27. The maximum absolute atomic E-state index is 12.2. The molecule has 5 heteroatoms. The lowest BCUT2D eigenvalue weighted by Gasteiger charge is -2.00. The second-order valence-electron chi connectivity index (χ2n) is 3.97.